The third-order valence-corrected chi connectivity index (χ3v) is 6.83. The van der Waals surface area contributed by atoms with E-state index < -0.39 is 11.7 Å². The van der Waals surface area contributed by atoms with E-state index in [2.05, 4.69) is 10.2 Å². The molecule has 0 unspecified atom stereocenters. The molecule has 0 bridgehead atoms. The molecule has 1 N–H and O–H groups in total. The average Bonchev–Trinajstić information content (AvgIpc) is 2.89. The molecule has 36 heavy (non-hydrogen) atoms. The standard InChI is InChI=1S/C28H25FN4O3/c1-17-18(2)27(35)31-30-24(17)15-19-10-11-23(29)22(14-19)28(36)32-12-13-33(26(34)16-32)25-9-5-7-20-6-3-4-8-21(20)25/h3-11,14H,12-13,15-16H2,1-2H3,(H,31,35). The number of hydrogen-bond acceptors (Lipinski definition) is 4. The first-order valence-electron chi connectivity index (χ1n) is 11.7. The third-order valence-electron chi connectivity index (χ3n) is 6.83. The number of rotatable bonds is 4. The topological polar surface area (TPSA) is 86.4 Å². The summed E-state index contributed by atoms with van der Waals surface area (Å²) in [5.74, 6) is -1.39. The largest absolute Gasteiger partial charge is 0.327 e. The van der Waals surface area contributed by atoms with Gasteiger partial charge >= 0.3 is 0 Å². The highest BCUT2D eigenvalue weighted by Gasteiger charge is 2.30. The minimum atomic E-state index is -0.644. The van der Waals surface area contributed by atoms with Crippen LogP contribution in [-0.2, 0) is 11.2 Å². The van der Waals surface area contributed by atoms with Crippen LogP contribution in [0.2, 0.25) is 0 Å². The van der Waals surface area contributed by atoms with Gasteiger partial charge in [0.1, 0.15) is 12.4 Å². The number of carbonyl (C=O) groups is 2. The van der Waals surface area contributed by atoms with Crippen molar-refractivity contribution in [3.63, 3.8) is 0 Å². The molecule has 0 radical (unpaired) electrons. The summed E-state index contributed by atoms with van der Waals surface area (Å²) in [5, 5.41) is 8.58. The van der Waals surface area contributed by atoms with Crippen LogP contribution in [0.3, 0.4) is 0 Å². The zero-order chi connectivity index (χ0) is 25.4. The Kier molecular flexibility index (Phi) is 6.10. The van der Waals surface area contributed by atoms with Crippen molar-refractivity contribution in [2.45, 2.75) is 20.3 Å². The van der Waals surface area contributed by atoms with Crippen molar-refractivity contribution in [3.8, 4) is 0 Å². The highest BCUT2D eigenvalue weighted by atomic mass is 19.1. The number of anilines is 1. The van der Waals surface area contributed by atoms with Crippen molar-refractivity contribution in [2.24, 2.45) is 0 Å². The molecule has 1 aliphatic rings. The fraction of sp³-hybridized carbons (Fsp3) is 0.214. The summed E-state index contributed by atoms with van der Waals surface area (Å²) in [6.07, 6.45) is 0.331. The summed E-state index contributed by atoms with van der Waals surface area (Å²) in [6, 6.07) is 18.0. The first-order valence-corrected chi connectivity index (χ1v) is 11.7. The van der Waals surface area contributed by atoms with E-state index in [-0.39, 0.29) is 30.1 Å². The molecule has 3 aromatic carbocycles. The second-order valence-corrected chi connectivity index (χ2v) is 9.01. The average molecular weight is 485 g/mol. The van der Waals surface area contributed by atoms with Gasteiger partial charge < -0.3 is 9.80 Å². The number of H-pyrrole nitrogens is 1. The highest BCUT2D eigenvalue weighted by molar-refractivity contribution is 6.06. The number of halogens is 1. The zero-order valence-electron chi connectivity index (χ0n) is 20.0. The molecule has 1 fully saturated rings. The number of aromatic nitrogens is 2. The van der Waals surface area contributed by atoms with E-state index in [1.54, 1.807) is 17.9 Å². The monoisotopic (exact) mass is 484 g/mol. The molecular weight excluding hydrogens is 459 g/mol. The number of benzene rings is 3. The van der Waals surface area contributed by atoms with Crippen LogP contribution in [0.4, 0.5) is 10.1 Å². The Morgan fingerprint density at radius 1 is 1.00 bits per heavy atom. The molecule has 4 aromatic rings. The van der Waals surface area contributed by atoms with E-state index in [9.17, 15) is 18.8 Å². The van der Waals surface area contributed by atoms with Gasteiger partial charge in [0.15, 0.2) is 0 Å². The van der Waals surface area contributed by atoms with Gasteiger partial charge in [0.2, 0.25) is 5.91 Å². The lowest BCUT2D eigenvalue weighted by molar-refractivity contribution is -0.120. The smallest absolute Gasteiger partial charge is 0.267 e. The lowest BCUT2D eigenvalue weighted by Gasteiger charge is -2.35. The van der Waals surface area contributed by atoms with Crippen LogP contribution < -0.4 is 10.5 Å². The summed E-state index contributed by atoms with van der Waals surface area (Å²) in [5.41, 5.74) is 3.12. The molecule has 1 saturated heterocycles. The van der Waals surface area contributed by atoms with Crippen LogP contribution >= 0.6 is 0 Å². The molecule has 1 aromatic heterocycles. The minimum Gasteiger partial charge on any atom is -0.327 e. The molecule has 182 valence electrons. The predicted molar refractivity (Wildman–Crippen MR) is 136 cm³/mol. The van der Waals surface area contributed by atoms with Crippen LogP contribution in [0.15, 0.2) is 65.5 Å². The minimum absolute atomic E-state index is 0.0855. The second kappa shape index (κ2) is 9.37. The number of fused-ring (bicyclic) bond motifs is 1. The van der Waals surface area contributed by atoms with Crippen LogP contribution in [-0.4, -0.2) is 46.5 Å². The highest BCUT2D eigenvalue weighted by Crippen LogP contribution is 2.28. The van der Waals surface area contributed by atoms with Gasteiger partial charge in [-0.25, -0.2) is 9.49 Å². The molecule has 8 heteroatoms. The summed E-state index contributed by atoms with van der Waals surface area (Å²) in [4.78, 5) is 41.2. The molecular formula is C28H25FN4O3. The first kappa shape index (κ1) is 23.4. The van der Waals surface area contributed by atoms with Crippen molar-refractivity contribution in [1.82, 2.24) is 15.1 Å². The lowest BCUT2D eigenvalue weighted by Crippen LogP contribution is -2.52. The van der Waals surface area contributed by atoms with Gasteiger partial charge in [-0.1, -0.05) is 42.5 Å². The molecule has 5 rings (SSSR count). The normalized spacial score (nSPS) is 13.9. The van der Waals surface area contributed by atoms with E-state index in [1.165, 1.54) is 17.0 Å². The lowest BCUT2D eigenvalue weighted by atomic mass is 10.0. The second-order valence-electron chi connectivity index (χ2n) is 9.01. The molecule has 2 heterocycles. The van der Waals surface area contributed by atoms with Gasteiger partial charge in [-0.3, -0.25) is 14.4 Å². The number of amides is 2. The van der Waals surface area contributed by atoms with Gasteiger partial charge in [0, 0.05) is 30.5 Å². The molecule has 0 spiro atoms. The number of hydrogen-bond donors (Lipinski definition) is 1. The van der Waals surface area contributed by atoms with Crippen LogP contribution in [0, 0.1) is 19.7 Å². The van der Waals surface area contributed by atoms with E-state index in [0.717, 1.165) is 22.0 Å². The van der Waals surface area contributed by atoms with Crippen molar-refractivity contribution >= 4 is 28.3 Å². The maximum Gasteiger partial charge on any atom is 0.267 e. The molecule has 7 nitrogen and oxygen atoms in total. The molecule has 0 atom stereocenters. The van der Waals surface area contributed by atoms with Crippen molar-refractivity contribution in [2.75, 3.05) is 24.5 Å². The van der Waals surface area contributed by atoms with Gasteiger partial charge in [-0.05, 0) is 48.6 Å². The Hall–Kier alpha value is -4.33. The molecule has 0 saturated carbocycles. The van der Waals surface area contributed by atoms with Gasteiger partial charge in [0.25, 0.3) is 11.5 Å². The Morgan fingerprint density at radius 2 is 1.78 bits per heavy atom. The Bertz CT molecular complexity index is 1560. The molecule has 1 aliphatic heterocycles. The Morgan fingerprint density at radius 3 is 2.58 bits per heavy atom. The summed E-state index contributed by atoms with van der Waals surface area (Å²) in [6.45, 7) is 4.00. The fourth-order valence-electron chi connectivity index (χ4n) is 4.60. The maximum atomic E-state index is 14.7. The van der Waals surface area contributed by atoms with Crippen LogP contribution in [0.1, 0.15) is 32.7 Å². The van der Waals surface area contributed by atoms with Crippen LogP contribution in [0.25, 0.3) is 10.8 Å². The SMILES string of the molecule is Cc1c(Cc2ccc(F)c(C(=O)N3CCN(c4cccc5ccccc45)C(=O)C3)c2)n[nH]c(=O)c1C. The van der Waals surface area contributed by atoms with Gasteiger partial charge in [0.05, 0.1) is 16.9 Å². The number of piperazine rings is 1. The zero-order valence-corrected chi connectivity index (χ0v) is 20.0. The van der Waals surface area contributed by atoms with E-state index in [4.69, 9.17) is 0 Å². The number of nitrogens with zero attached hydrogens (tertiary/aromatic N) is 3. The number of nitrogens with one attached hydrogen (secondary N) is 1. The van der Waals surface area contributed by atoms with Gasteiger partial charge in [-0.15, -0.1) is 0 Å². The third kappa shape index (κ3) is 4.26. The predicted octanol–water partition coefficient (Wildman–Crippen LogP) is 3.76. The van der Waals surface area contributed by atoms with E-state index in [0.29, 0.717) is 29.8 Å². The summed E-state index contributed by atoms with van der Waals surface area (Å²) in [7, 11) is 0. The Balaban J connectivity index is 1.36. The van der Waals surface area contributed by atoms with E-state index >= 15 is 0 Å². The van der Waals surface area contributed by atoms with Crippen molar-refractivity contribution in [1.29, 1.82) is 0 Å². The van der Waals surface area contributed by atoms with Gasteiger partial charge in [-0.2, -0.15) is 5.10 Å². The summed E-state index contributed by atoms with van der Waals surface area (Å²) < 4.78 is 14.7. The van der Waals surface area contributed by atoms with Crippen LogP contribution in [0.5, 0.6) is 0 Å². The molecule has 0 aliphatic carbocycles. The summed E-state index contributed by atoms with van der Waals surface area (Å²) >= 11 is 0. The number of aromatic amines is 1. The van der Waals surface area contributed by atoms with Crippen molar-refractivity contribution in [3.05, 3.63) is 105 Å². The van der Waals surface area contributed by atoms with Crippen molar-refractivity contribution < 1.29 is 14.0 Å². The number of carbonyl (C=O) groups excluding carboxylic acids is 2. The first-order chi connectivity index (χ1) is 17.3. The Labute approximate surface area is 207 Å². The quantitative estimate of drug-likeness (QED) is 0.478. The maximum absolute atomic E-state index is 14.7. The molecule has 2 amide bonds. The fourth-order valence-corrected chi connectivity index (χ4v) is 4.60. The van der Waals surface area contributed by atoms with E-state index in [1.807, 2.05) is 49.4 Å².